The van der Waals surface area contributed by atoms with Crippen LogP contribution in [-0.2, 0) is 4.74 Å². The first-order valence-electron chi connectivity index (χ1n) is 8.82. The third-order valence-electron chi connectivity index (χ3n) is 4.55. The number of amides is 1. The van der Waals surface area contributed by atoms with Gasteiger partial charge in [0.05, 0.1) is 14.9 Å². The van der Waals surface area contributed by atoms with Crippen LogP contribution in [0.25, 0.3) is 10.9 Å². The minimum atomic E-state index is -0.611. The minimum Gasteiger partial charge on any atom is -0.443 e. The maximum atomic E-state index is 14.3. The Labute approximate surface area is 167 Å². The molecule has 1 aromatic carbocycles. The fraction of sp³-hybridized carbons (Fsp3) is 0.526. The lowest BCUT2D eigenvalue weighted by atomic mass is 10.0. The van der Waals surface area contributed by atoms with Gasteiger partial charge in [0.2, 0.25) is 0 Å². The number of piperidine rings is 1. The average Bonchev–Trinajstić information content (AvgIpc) is 2.87. The summed E-state index contributed by atoms with van der Waals surface area (Å²) in [6.45, 7) is 7.33. The smallest absolute Gasteiger partial charge is 0.415 e. The number of likely N-dealkylation sites (tertiary alicyclic amines) is 1. The van der Waals surface area contributed by atoms with E-state index < -0.39 is 11.7 Å². The first kappa shape index (κ1) is 19.4. The molecule has 26 heavy (non-hydrogen) atoms. The highest BCUT2D eigenvalue weighted by Gasteiger charge is 2.33. The van der Waals surface area contributed by atoms with Gasteiger partial charge in [-0.1, -0.05) is 0 Å². The maximum absolute atomic E-state index is 14.3. The number of anilines is 1. The summed E-state index contributed by atoms with van der Waals surface area (Å²) in [5, 5.41) is 0.834. The van der Waals surface area contributed by atoms with Crippen LogP contribution >= 0.6 is 22.6 Å². The highest BCUT2D eigenvalue weighted by molar-refractivity contribution is 14.1. The number of halogens is 2. The van der Waals surface area contributed by atoms with Crippen LogP contribution in [0.5, 0.6) is 0 Å². The first-order valence-corrected chi connectivity index (χ1v) is 9.90. The van der Waals surface area contributed by atoms with E-state index in [9.17, 15) is 9.18 Å². The lowest BCUT2D eigenvalue weighted by Gasteiger charge is -2.38. The van der Waals surface area contributed by atoms with Crippen molar-refractivity contribution < 1.29 is 13.9 Å². The largest absolute Gasteiger partial charge is 0.443 e. The zero-order valence-electron chi connectivity index (χ0n) is 15.6. The summed E-state index contributed by atoms with van der Waals surface area (Å²) >= 11 is 2.16. The lowest BCUT2D eigenvalue weighted by molar-refractivity contribution is 0.0552. The zero-order valence-corrected chi connectivity index (χ0v) is 17.8. The first-order chi connectivity index (χ1) is 12.1. The Bertz CT molecular complexity index is 807. The average molecular weight is 473 g/mol. The van der Waals surface area contributed by atoms with E-state index in [-0.39, 0.29) is 11.9 Å². The molecule has 0 atom stereocenters. The number of aromatic nitrogens is 1. The number of carbonyl (C=O) groups is 1. The Morgan fingerprint density at radius 3 is 2.58 bits per heavy atom. The Morgan fingerprint density at radius 1 is 1.31 bits per heavy atom. The number of hydrogen-bond acceptors (Lipinski definition) is 3. The van der Waals surface area contributed by atoms with Crippen molar-refractivity contribution in [3.63, 3.8) is 0 Å². The quantitative estimate of drug-likeness (QED) is 0.641. The summed E-state index contributed by atoms with van der Waals surface area (Å²) < 4.78 is 20.9. The second kappa shape index (κ2) is 7.34. The molecule has 1 amide bonds. The maximum Gasteiger partial charge on any atom is 0.415 e. The van der Waals surface area contributed by atoms with E-state index in [1.807, 2.05) is 26.8 Å². The molecule has 5 nitrogen and oxygen atoms in total. The number of rotatable bonds is 2. The Balaban J connectivity index is 2.07. The topological polar surface area (TPSA) is 48.6 Å². The Kier molecular flexibility index (Phi) is 5.48. The fourth-order valence-electron chi connectivity index (χ4n) is 3.36. The molecule has 0 spiro atoms. The second-order valence-corrected chi connectivity index (χ2v) is 9.05. The molecular weight excluding hydrogens is 448 g/mol. The van der Waals surface area contributed by atoms with Crippen LogP contribution in [-0.4, -0.2) is 47.8 Å². The molecule has 142 valence electrons. The number of hydrogen-bond donors (Lipinski definition) is 1. The normalized spacial score (nSPS) is 16.8. The summed E-state index contributed by atoms with van der Waals surface area (Å²) in [6, 6.07) is 4.83. The van der Waals surface area contributed by atoms with Crippen LogP contribution in [0.3, 0.4) is 0 Å². The molecule has 7 heteroatoms. The van der Waals surface area contributed by atoms with Gasteiger partial charge in [0.25, 0.3) is 0 Å². The number of nitrogens with one attached hydrogen (secondary N) is 1. The van der Waals surface area contributed by atoms with E-state index >= 15 is 0 Å². The summed E-state index contributed by atoms with van der Waals surface area (Å²) in [5.41, 5.74) is 0.647. The standard InChI is InChI=1S/C19H25FIN3O2/c1-19(2,3)26-18(25)24(13-5-7-23(4)8-6-13)16-10-12(20)9-15-14(16)11-17(21)22-15/h9-11,13,22H,5-8H2,1-4H3. The van der Waals surface area contributed by atoms with Crippen molar-refractivity contribution in [1.29, 1.82) is 0 Å². The van der Waals surface area contributed by atoms with Gasteiger partial charge >= 0.3 is 6.09 Å². The monoisotopic (exact) mass is 473 g/mol. The lowest BCUT2D eigenvalue weighted by Crippen LogP contribution is -2.48. The molecule has 1 saturated heterocycles. The van der Waals surface area contributed by atoms with Crippen molar-refractivity contribution in [2.45, 2.75) is 45.3 Å². The van der Waals surface area contributed by atoms with E-state index in [4.69, 9.17) is 4.74 Å². The third-order valence-corrected chi connectivity index (χ3v) is 5.13. The number of nitrogens with zero attached hydrogens (tertiary/aromatic N) is 2. The van der Waals surface area contributed by atoms with Crippen molar-refractivity contribution in [3.05, 3.63) is 27.7 Å². The van der Waals surface area contributed by atoms with Gasteiger partial charge in [0.15, 0.2) is 0 Å². The van der Waals surface area contributed by atoms with Crippen LogP contribution in [0.15, 0.2) is 18.2 Å². The number of aromatic amines is 1. The van der Waals surface area contributed by atoms with Gasteiger partial charge in [-0.3, -0.25) is 4.90 Å². The molecule has 3 rings (SSSR count). The molecule has 1 aliphatic rings. The van der Waals surface area contributed by atoms with Crippen LogP contribution in [0.1, 0.15) is 33.6 Å². The number of carbonyl (C=O) groups excluding carboxylic acids is 1. The molecule has 2 heterocycles. The molecule has 0 radical (unpaired) electrons. The number of ether oxygens (including phenoxy) is 1. The van der Waals surface area contributed by atoms with Crippen LogP contribution in [0.2, 0.25) is 0 Å². The summed E-state index contributed by atoms with van der Waals surface area (Å²) in [5.74, 6) is -0.368. The molecule has 0 aliphatic carbocycles. The SMILES string of the molecule is CN1CCC(N(C(=O)OC(C)(C)C)c2cc(F)cc3[nH]c(I)cc23)CC1. The van der Waals surface area contributed by atoms with Crippen molar-refractivity contribution in [2.75, 3.05) is 25.0 Å². The van der Waals surface area contributed by atoms with E-state index in [0.29, 0.717) is 11.2 Å². The molecule has 1 fully saturated rings. The Morgan fingerprint density at radius 2 is 1.96 bits per heavy atom. The summed E-state index contributed by atoms with van der Waals surface area (Å²) in [6.07, 6.45) is 1.24. The Hall–Kier alpha value is -1.35. The third kappa shape index (κ3) is 4.31. The molecule has 0 bridgehead atoms. The molecular formula is C19H25FIN3O2. The van der Waals surface area contributed by atoms with Crippen molar-refractivity contribution in [2.24, 2.45) is 0 Å². The fourth-order valence-corrected chi connectivity index (χ4v) is 3.96. The summed E-state index contributed by atoms with van der Waals surface area (Å²) in [4.78, 5) is 20.1. The second-order valence-electron chi connectivity index (χ2n) is 7.89. The van der Waals surface area contributed by atoms with E-state index in [0.717, 1.165) is 35.0 Å². The van der Waals surface area contributed by atoms with Crippen LogP contribution in [0, 0.1) is 9.52 Å². The van der Waals surface area contributed by atoms with Gasteiger partial charge in [0, 0.05) is 11.4 Å². The predicted octanol–water partition coefficient (Wildman–Crippen LogP) is 4.75. The van der Waals surface area contributed by atoms with Gasteiger partial charge in [-0.15, -0.1) is 0 Å². The van der Waals surface area contributed by atoms with Gasteiger partial charge in [-0.2, -0.15) is 0 Å². The van der Waals surface area contributed by atoms with Gasteiger partial charge in [-0.05, 0) is 94.5 Å². The van der Waals surface area contributed by atoms with Gasteiger partial charge < -0.3 is 14.6 Å². The van der Waals surface area contributed by atoms with Crippen LogP contribution in [0.4, 0.5) is 14.9 Å². The minimum absolute atomic E-state index is 0.0152. The number of benzene rings is 1. The molecule has 1 aliphatic heterocycles. The summed E-state index contributed by atoms with van der Waals surface area (Å²) in [7, 11) is 2.07. The number of H-pyrrole nitrogens is 1. The van der Waals surface area contributed by atoms with E-state index in [2.05, 4.69) is 39.5 Å². The van der Waals surface area contributed by atoms with E-state index in [1.165, 1.54) is 12.1 Å². The number of fused-ring (bicyclic) bond motifs is 1. The van der Waals surface area contributed by atoms with Crippen molar-refractivity contribution >= 4 is 45.3 Å². The van der Waals surface area contributed by atoms with Crippen molar-refractivity contribution in [1.82, 2.24) is 9.88 Å². The highest BCUT2D eigenvalue weighted by Crippen LogP contribution is 2.34. The van der Waals surface area contributed by atoms with Crippen LogP contribution < -0.4 is 4.90 Å². The van der Waals surface area contributed by atoms with Crippen molar-refractivity contribution in [3.8, 4) is 0 Å². The van der Waals surface area contributed by atoms with E-state index in [1.54, 1.807) is 4.90 Å². The molecule has 1 N–H and O–H groups in total. The molecule has 0 unspecified atom stereocenters. The predicted molar refractivity (Wildman–Crippen MR) is 110 cm³/mol. The zero-order chi connectivity index (χ0) is 19.1. The van der Waals surface area contributed by atoms with Gasteiger partial charge in [-0.25, -0.2) is 9.18 Å². The highest BCUT2D eigenvalue weighted by atomic mass is 127. The molecule has 0 saturated carbocycles. The molecule has 1 aromatic heterocycles. The van der Waals surface area contributed by atoms with Gasteiger partial charge in [0.1, 0.15) is 11.4 Å². The molecule has 2 aromatic rings.